The molecule has 0 fully saturated rings. The molecule has 32 heavy (non-hydrogen) atoms. The minimum absolute atomic E-state index is 0.198. The van der Waals surface area contributed by atoms with Crippen LogP contribution in [0.5, 0.6) is 0 Å². The molecule has 0 heterocycles. The summed E-state index contributed by atoms with van der Waals surface area (Å²) in [7, 11) is -2.22. The maximum Gasteiger partial charge on any atom is 0.244 e. The summed E-state index contributed by atoms with van der Waals surface area (Å²) in [5.74, 6) is -0.475. The number of nitrogens with one attached hydrogen (secondary N) is 1. The second-order valence-electron chi connectivity index (χ2n) is 8.25. The molecule has 2 aromatic carbocycles. The van der Waals surface area contributed by atoms with E-state index in [1.807, 2.05) is 43.3 Å². The van der Waals surface area contributed by atoms with Crippen LogP contribution in [0.3, 0.4) is 0 Å². The molecule has 2 rings (SSSR count). The van der Waals surface area contributed by atoms with Gasteiger partial charge in [-0.05, 0) is 48.6 Å². The first-order chi connectivity index (χ1) is 15.0. The quantitative estimate of drug-likeness (QED) is 0.624. The molecule has 2 aromatic rings. The van der Waals surface area contributed by atoms with Gasteiger partial charge >= 0.3 is 0 Å². The van der Waals surface area contributed by atoms with Crippen molar-refractivity contribution in [2.24, 2.45) is 0 Å². The lowest BCUT2D eigenvalue weighted by Gasteiger charge is -2.31. The zero-order valence-corrected chi connectivity index (χ0v) is 20.4. The second kappa shape index (κ2) is 10.6. The first kappa shape index (κ1) is 25.4. The molecular weight excluding hydrogens is 426 g/mol. The van der Waals surface area contributed by atoms with Gasteiger partial charge in [-0.1, -0.05) is 50.2 Å². The van der Waals surface area contributed by atoms with Crippen LogP contribution in [-0.2, 0) is 26.2 Å². The molecule has 0 radical (unpaired) electrons. The van der Waals surface area contributed by atoms with Gasteiger partial charge in [0.05, 0.1) is 11.9 Å². The fraction of sp³-hybridized carbons (Fsp3) is 0.417. The van der Waals surface area contributed by atoms with Crippen LogP contribution in [-0.4, -0.2) is 51.0 Å². The number of hydrogen-bond acceptors (Lipinski definition) is 4. The highest BCUT2D eigenvalue weighted by Gasteiger charge is 2.29. The van der Waals surface area contributed by atoms with Gasteiger partial charge in [0.1, 0.15) is 12.6 Å². The van der Waals surface area contributed by atoms with E-state index in [0.717, 1.165) is 27.3 Å². The van der Waals surface area contributed by atoms with Gasteiger partial charge in [0, 0.05) is 13.6 Å². The molecule has 1 atom stereocenters. The number of anilines is 1. The first-order valence-corrected chi connectivity index (χ1v) is 12.4. The second-order valence-corrected chi connectivity index (χ2v) is 10.2. The van der Waals surface area contributed by atoms with Crippen LogP contribution >= 0.6 is 0 Å². The summed E-state index contributed by atoms with van der Waals surface area (Å²) in [6.45, 7) is 7.48. The van der Waals surface area contributed by atoms with Crippen molar-refractivity contribution in [1.82, 2.24) is 10.2 Å². The van der Waals surface area contributed by atoms with Crippen LogP contribution < -0.4 is 9.62 Å². The molecule has 7 nitrogen and oxygen atoms in total. The molecule has 0 aliphatic heterocycles. The average molecular weight is 460 g/mol. The molecule has 1 N–H and O–H groups in total. The van der Waals surface area contributed by atoms with Crippen LogP contribution in [0.4, 0.5) is 5.69 Å². The minimum atomic E-state index is -3.73. The molecule has 0 saturated heterocycles. The predicted molar refractivity (Wildman–Crippen MR) is 128 cm³/mol. The molecule has 0 spiro atoms. The lowest BCUT2D eigenvalue weighted by atomic mass is 10.0. The summed E-state index contributed by atoms with van der Waals surface area (Å²) < 4.78 is 26.2. The number of rotatable bonds is 9. The summed E-state index contributed by atoms with van der Waals surface area (Å²) in [5, 5.41) is 2.57. The van der Waals surface area contributed by atoms with Crippen molar-refractivity contribution in [2.75, 3.05) is 24.2 Å². The summed E-state index contributed by atoms with van der Waals surface area (Å²) in [6, 6.07) is 14.0. The molecule has 0 aliphatic carbocycles. The minimum Gasteiger partial charge on any atom is -0.357 e. The number of nitrogens with zero attached hydrogens (tertiary/aromatic N) is 2. The molecule has 2 amide bonds. The number of benzene rings is 2. The Hall–Kier alpha value is -2.87. The van der Waals surface area contributed by atoms with Crippen molar-refractivity contribution >= 4 is 27.5 Å². The van der Waals surface area contributed by atoms with Crippen molar-refractivity contribution in [3.05, 3.63) is 65.2 Å². The van der Waals surface area contributed by atoms with Crippen LogP contribution in [0.15, 0.2) is 48.5 Å². The summed E-state index contributed by atoms with van der Waals surface area (Å²) in [4.78, 5) is 27.1. The number of likely N-dealkylation sites (N-methyl/N-ethyl adjacent to an activating group) is 1. The summed E-state index contributed by atoms with van der Waals surface area (Å²) in [6.07, 6.45) is 1.07. The molecule has 0 aromatic heterocycles. The van der Waals surface area contributed by atoms with Crippen molar-refractivity contribution < 1.29 is 18.0 Å². The van der Waals surface area contributed by atoms with Gasteiger partial charge in [-0.3, -0.25) is 13.9 Å². The van der Waals surface area contributed by atoms with E-state index in [1.54, 1.807) is 19.1 Å². The van der Waals surface area contributed by atoms with E-state index >= 15 is 0 Å². The number of carbonyl (C=O) groups excluding carboxylic acids is 2. The highest BCUT2D eigenvalue weighted by atomic mass is 32.2. The molecule has 0 bridgehead atoms. The Bertz CT molecular complexity index is 1050. The number of aryl methyl sites for hydroxylation is 1. The topological polar surface area (TPSA) is 86.8 Å². The summed E-state index contributed by atoms with van der Waals surface area (Å²) in [5.41, 5.74) is 3.36. The first-order valence-electron chi connectivity index (χ1n) is 10.6. The molecule has 0 saturated carbocycles. The van der Waals surface area contributed by atoms with Crippen LogP contribution in [0, 0.1) is 6.92 Å². The number of sulfonamides is 1. The highest BCUT2D eigenvalue weighted by molar-refractivity contribution is 7.92. The van der Waals surface area contributed by atoms with Gasteiger partial charge in [-0.25, -0.2) is 8.42 Å². The zero-order valence-electron chi connectivity index (χ0n) is 19.6. The highest BCUT2D eigenvalue weighted by Crippen LogP contribution is 2.23. The van der Waals surface area contributed by atoms with E-state index in [1.165, 1.54) is 11.9 Å². The number of carbonyl (C=O) groups is 2. The Morgan fingerprint density at radius 2 is 1.59 bits per heavy atom. The molecular formula is C24H33N3O4S. The van der Waals surface area contributed by atoms with Gasteiger partial charge in [0.2, 0.25) is 21.8 Å². The predicted octanol–water partition coefficient (Wildman–Crippen LogP) is 3.05. The van der Waals surface area contributed by atoms with Crippen LogP contribution in [0.25, 0.3) is 0 Å². The van der Waals surface area contributed by atoms with E-state index in [-0.39, 0.29) is 12.5 Å². The SMILES string of the molecule is CNC(=O)C(C)N(Cc1ccccc1C)C(=O)CN(c1ccc(C(C)C)cc1)S(C)(=O)=O. The maximum absolute atomic E-state index is 13.4. The lowest BCUT2D eigenvalue weighted by Crippen LogP contribution is -2.50. The standard InChI is InChI=1S/C24H33N3O4S/c1-17(2)20-11-13-22(14-12-20)27(32(6,30)31)16-23(28)26(19(4)24(29)25-5)15-21-10-8-7-9-18(21)3/h7-14,17,19H,15-16H2,1-6H3,(H,25,29). The smallest absolute Gasteiger partial charge is 0.244 e. The average Bonchev–Trinajstić information content (AvgIpc) is 2.75. The monoisotopic (exact) mass is 459 g/mol. The third-order valence-electron chi connectivity index (χ3n) is 5.54. The normalized spacial score (nSPS) is 12.3. The third kappa shape index (κ3) is 6.32. The zero-order chi connectivity index (χ0) is 24.1. The van der Waals surface area contributed by atoms with Crippen LogP contribution in [0.1, 0.15) is 43.4 Å². The molecule has 1 unspecified atom stereocenters. The number of hydrogen-bond donors (Lipinski definition) is 1. The Kier molecular flexibility index (Phi) is 8.44. The largest absolute Gasteiger partial charge is 0.357 e. The van der Waals surface area contributed by atoms with Crippen molar-refractivity contribution in [2.45, 2.75) is 46.2 Å². The van der Waals surface area contributed by atoms with Gasteiger partial charge < -0.3 is 10.2 Å². The maximum atomic E-state index is 13.4. The Morgan fingerprint density at radius 3 is 2.09 bits per heavy atom. The van der Waals surface area contributed by atoms with Crippen molar-refractivity contribution in [3.63, 3.8) is 0 Å². The Labute approximate surface area is 191 Å². The van der Waals surface area contributed by atoms with E-state index in [4.69, 9.17) is 0 Å². The Balaban J connectivity index is 2.38. The van der Waals surface area contributed by atoms with E-state index < -0.39 is 28.5 Å². The molecule has 8 heteroatoms. The van der Waals surface area contributed by atoms with E-state index in [0.29, 0.717) is 11.6 Å². The summed E-state index contributed by atoms with van der Waals surface area (Å²) >= 11 is 0. The van der Waals surface area contributed by atoms with Gasteiger partial charge in [0.25, 0.3) is 0 Å². The third-order valence-corrected chi connectivity index (χ3v) is 6.68. The van der Waals surface area contributed by atoms with Gasteiger partial charge in [0.15, 0.2) is 0 Å². The molecule has 174 valence electrons. The fourth-order valence-electron chi connectivity index (χ4n) is 3.40. The molecule has 0 aliphatic rings. The Morgan fingerprint density at radius 1 is 1.00 bits per heavy atom. The van der Waals surface area contributed by atoms with E-state index in [9.17, 15) is 18.0 Å². The van der Waals surface area contributed by atoms with E-state index in [2.05, 4.69) is 19.2 Å². The van der Waals surface area contributed by atoms with Crippen LogP contribution in [0.2, 0.25) is 0 Å². The lowest BCUT2D eigenvalue weighted by molar-refractivity contribution is -0.139. The van der Waals surface area contributed by atoms with Gasteiger partial charge in [-0.15, -0.1) is 0 Å². The van der Waals surface area contributed by atoms with Crippen molar-refractivity contribution in [1.29, 1.82) is 0 Å². The van der Waals surface area contributed by atoms with Crippen molar-refractivity contribution in [3.8, 4) is 0 Å². The van der Waals surface area contributed by atoms with Gasteiger partial charge in [-0.2, -0.15) is 0 Å². The fourth-order valence-corrected chi connectivity index (χ4v) is 4.25. The number of amides is 2.